The number of nitrogens with zero attached hydrogens (tertiary/aromatic N) is 2. The minimum Gasteiger partial charge on any atom is -0.496 e. The molecular weight excluding hydrogens is 394 g/mol. The number of piperidine rings is 1. The molecule has 4 rings (SSSR count). The third-order valence-electron chi connectivity index (χ3n) is 5.78. The lowest BCUT2D eigenvalue weighted by Crippen LogP contribution is -2.29. The highest BCUT2D eigenvalue weighted by atomic mass is 32.1. The maximum Gasteiger partial charge on any atom is 0.261 e. The summed E-state index contributed by atoms with van der Waals surface area (Å²) in [6.45, 7) is 6.82. The highest BCUT2D eigenvalue weighted by molar-refractivity contribution is 7.20. The third kappa shape index (κ3) is 4.29. The van der Waals surface area contributed by atoms with Crippen molar-refractivity contribution in [2.75, 3.05) is 31.6 Å². The van der Waals surface area contributed by atoms with Crippen LogP contribution in [0.1, 0.15) is 45.8 Å². The van der Waals surface area contributed by atoms with Crippen LogP contribution in [0.5, 0.6) is 5.75 Å². The number of rotatable bonds is 6. The van der Waals surface area contributed by atoms with Crippen LogP contribution >= 0.6 is 11.3 Å². The molecule has 5 nitrogen and oxygen atoms in total. The van der Waals surface area contributed by atoms with Crippen molar-refractivity contribution in [3.63, 3.8) is 0 Å². The van der Waals surface area contributed by atoms with Gasteiger partial charge < -0.3 is 15.0 Å². The number of anilines is 1. The molecule has 3 heterocycles. The Hall–Kier alpha value is -2.60. The number of aryl methyl sites for hydroxylation is 2. The number of methoxy groups -OCH3 is 1. The Bertz CT molecular complexity index is 1040. The average molecular weight is 424 g/mol. The third-order valence-corrected chi connectivity index (χ3v) is 6.96. The molecule has 0 radical (unpaired) electrons. The van der Waals surface area contributed by atoms with Gasteiger partial charge in [-0.2, -0.15) is 0 Å². The lowest BCUT2D eigenvalue weighted by Gasteiger charge is -2.28. The number of carbonyl (C=O) groups excluding carboxylic acids is 1. The first kappa shape index (κ1) is 20.7. The number of carbonyl (C=O) groups is 1. The number of thiophene rings is 1. The van der Waals surface area contributed by atoms with Crippen molar-refractivity contribution in [2.24, 2.45) is 0 Å². The Labute approximate surface area is 182 Å². The number of aromatic nitrogens is 1. The molecule has 3 aromatic rings. The summed E-state index contributed by atoms with van der Waals surface area (Å²) in [5.74, 6) is 0.735. The molecule has 0 aliphatic carbocycles. The summed E-state index contributed by atoms with van der Waals surface area (Å²) in [6.07, 6.45) is 4.73. The Balaban J connectivity index is 1.38. The molecular formula is C24H29N3O2S. The normalized spacial score (nSPS) is 14.2. The van der Waals surface area contributed by atoms with Crippen LogP contribution < -0.4 is 15.0 Å². The second-order valence-electron chi connectivity index (χ2n) is 7.92. The predicted molar refractivity (Wildman–Crippen MR) is 124 cm³/mol. The van der Waals surface area contributed by atoms with Gasteiger partial charge in [0.25, 0.3) is 5.91 Å². The summed E-state index contributed by atoms with van der Waals surface area (Å²) in [5.41, 5.74) is 4.37. The monoisotopic (exact) mass is 423 g/mol. The summed E-state index contributed by atoms with van der Waals surface area (Å²) >= 11 is 1.43. The van der Waals surface area contributed by atoms with E-state index in [1.165, 1.54) is 41.9 Å². The summed E-state index contributed by atoms with van der Waals surface area (Å²) in [6, 6.07) is 10.7. The number of fused-ring (bicyclic) bond motifs is 1. The van der Waals surface area contributed by atoms with E-state index in [4.69, 9.17) is 4.74 Å². The number of amides is 1. The van der Waals surface area contributed by atoms with Crippen molar-refractivity contribution in [1.82, 2.24) is 10.3 Å². The Kier molecular flexibility index (Phi) is 6.23. The molecule has 158 valence electrons. The van der Waals surface area contributed by atoms with E-state index < -0.39 is 0 Å². The molecule has 0 bridgehead atoms. The second kappa shape index (κ2) is 9.04. The molecule has 1 aromatic carbocycles. The predicted octanol–water partition coefficient (Wildman–Crippen LogP) is 4.88. The van der Waals surface area contributed by atoms with E-state index in [9.17, 15) is 4.79 Å². The first-order chi connectivity index (χ1) is 14.6. The van der Waals surface area contributed by atoms with Gasteiger partial charge in [0, 0.05) is 37.1 Å². The molecule has 0 atom stereocenters. The molecule has 6 heteroatoms. The van der Waals surface area contributed by atoms with E-state index in [0.717, 1.165) is 46.7 Å². The number of benzene rings is 1. The minimum absolute atomic E-state index is 0.0415. The Morgan fingerprint density at radius 2 is 1.90 bits per heavy atom. The molecule has 1 saturated heterocycles. The summed E-state index contributed by atoms with van der Waals surface area (Å²) in [5, 5.41) is 4.01. The van der Waals surface area contributed by atoms with E-state index in [1.54, 1.807) is 7.11 Å². The average Bonchev–Trinajstić information content (AvgIpc) is 3.10. The van der Waals surface area contributed by atoms with Gasteiger partial charge in [-0.1, -0.05) is 12.1 Å². The van der Waals surface area contributed by atoms with Crippen LogP contribution in [-0.4, -0.2) is 37.6 Å². The zero-order valence-electron chi connectivity index (χ0n) is 18.0. The molecule has 2 aromatic heterocycles. The smallest absolute Gasteiger partial charge is 0.261 e. The van der Waals surface area contributed by atoms with Gasteiger partial charge in [-0.25, -0.2) is 4.98 Å². The summed E-state index contributed by atoms with van der Waals surface area (Å²) in [7, 11) is 1.65. The standard InChI is InChI=1S/C24H29N3O2S/c1-16-15-20(29-3)21-17(2)22(30-24(21)26-16)23(28)25-12-11-18-7-9-19(10-8-18)27-13-5-4-6-14-27/h7-10,15H,4-6,11-14H2,1-3H3,(H,25,28). The first-order valence-corrected chi connectivity index (χ1v) is 11.5. The first-order valence-electron chi connectivity index (χ1n) is 10.6. The van der Waals surface area contributed by atoms with E-state index in [0.29, 0.717) is 11.4 Å². The van der Waals surface area contributed by atoms with Crippen molar-refractivity contribution in [3.8, 4) is 5.75 Å². The number of hydrogen-bond acceptors (Lipinski definition) is 5. The zero-order valence-corrected chi connectivity index (χ0v) is 18.8. The lowest BCUT2D eigenvalue weighted by molar-refractivity contribution is 0.0957. The van der Waals surface area contributed by atoms with Crippen LogP contribution in [0.3, 0.4) is 0 Å². The fraction of sp³-hybridized carbons (Fsp3) is 0.417. The molecule has 1 N–H and O–H groups in total. The van der Waals surface area contributed by atoms with Crippen LogP contribution in [0.15, 0.2) is 30.3 Å². The van der Waals surface area contributed by atoms with Gasteiger partial charge in [-0.05, 0) is 62.8 Å². The summed E-state index contributed by atoms with van der Waals surface area (Å²) < 4.78 is 5.51. The van der Waals surface area contributed by atoms with Crippen molar-refractivity contribution in [3.05, 3.63) is 52.0 Å². The van der Waals surface area contributed by atoms with Gasteiger partial charge in [0.2, 0.25) is 0 Å². The van der Waals surface area contributed by atoms with Crippen molar-refractivity contribution in [2.45, 2.75) is 39.5 Å². The Morgan fingerprint density at radius 3 is 2.60 bits per heavy atom. The highest BCUT2D eigenvalue weighted by Gasteiger charge is 2.19. The van der Waals surface area contributed by atoms with Gasteiger partial charge >= 0.3 is 0 Å². The molecule has 0 unspecified atom stereocenters. The molecule has 1 fully saturated rings. The van der Waals surface area contributed by atoms with E-state index in [-0.39, 0.29) is 5.91 Å². The number of hydrogen-bond donors (Lipinski definition) is 1. The van der Waals surface area contributed by atoms with Crippen LogP contribution in [0.4, 0.5) is 5.69 Å². The molecule has 0 spiro atoms. The van der Waals surface area contributed by atoms with E-state index >= 15 is 0 Å². The van der Waals surface area contributed by atoms with Gasteiger partial charge in [0.05, 0.1) is 17.4 Å². The van der Waals surface area contributed by atoms with Crippen LogP contribution in [0.25, 0.3) is 10.2 Å². The van der Waals surface area contributed by atoms with Crippen molar-refractivity contribution >= 4 is 33.1 Å². The van der Waals surface area contributed by atoms with Gasteiger partial charge in [0.1, 0.15) is 10.6 Å². The number of nitrogens with one attached hydrogen (secondary N) is 1. The molecule has 30 heavy (non-hydrogen) atoms. The van der Waals surface area contributed by atoms with Crippen LogP contribution in [-0.2, 0) is 6.42 Å². The number of pyridine rings is 1. The van der Waals surface area contributed by atoms with Crippen LogP contribution in [0.2, 0.25) is 0 Å². The maximum absolute atomic E-state index is 12.8. The summed E-state index contributed by atoms with van der Waals surface area (Å²) in [4.78, 5) is 21.4. The SMILES string of the molecule is COc1cc(C)nc2sc(C(=O)NCCc3ccc(N4CCCCC4)cc3)c(C)c12. The highest BCUT2D eigenvalue weighted by Crippen LogP contribution is 2.36. The molecule has 1 aliphatic heterocycles. The second-order valence-corrected chi connectivity index (χ2v) is 8.92. The van der Waals surface area contributed by atoms with Gasteiger partial charge in [-0.3, -0.25) is 4.79 Å². The minimum atomic E-state index is -0.0415. The van der Waals surface area contributed by atoms with Gasteiger partial charge in [-0.15, -0.1) is 11.3 Å². The van der Waals surface area contributed by atoms with Crippen molar-refractivity contribution < 1.29 is 9.53 Å². The van der Waals surface area contributed by atoms with Crippen LogP contribution in [0, 0.1) is 13.8 Å². The quantitative estimate of drug-likeness (QED) is 0.614. The van der Waals surface area contributed by atoms with Crippen molar-refractivity contribution in [1.29, 1.82) is 0 Å². The molecule has 1 amide bonds. The topological polar surface area (TPSA) is 54.5 Å². The zero-order chi connectivity index (χ0) is 21.1. The Morgan fingerprint density at radius 1 is 1.17 bits per heavy atom. The van der Waals surface area contributed by atoms with E-state index in [2.05, 4.69) is 39.5 Å². The lowest BCUT2D eigenvalue weighted by atomic mass is 10.1. The number of ether oxygens (including phenoxy) is 1. The molecule has 1 aliphatic rings. The van der Waals surface area contributed by atoms with E-state index in [1.807, 2.05) is 19.9 Å². The molecule has 0 saturated carbocycles. The largest absolute Gasteiger partial charge is 0.496 e. The maximum atomic E-state index is 12.8. The van der Waals surface area contributed by atoms with Gasteiger partial charge in [0.15, 0.2) is 0 Å². The fourth-order valence-corrected chi connectivity index (χ4v) is 5.28. The fourth-order valence-electron chi connectivity index (χ4n) is 4.13.